The highest BCUT2D eigenvalue weighted by Crippen LogP contribution is 2.11. The highest BCUT2D eigenvalue weighted by Gasteiger charge is 2.18. The second-order valence-electron chi connectivity index (χ2n) is 2.94. The van der Waals surface area contributed by atoms with Crippen LogP contribution in [0.2, 0.25) is 0 Å². The standard InChI is InChI=1S/C12H12O4S/c1-15-11(13)10(12(14)16-2)7-3-5-9-6-4-8-17-9/h3-8H,1-2H3. The van der Waals surface area contributed by atoms with Gasteiger partial charge in [-0.3, -0.25) is 0 Å². The molecule has 1 rings (SSSR count). The molecule has 0 N–H and O–H groups in total. The van der Waals surface area contributed by atoms with Crippen molar-refractivity contribution < 1.29 is 19.1 Å². The van der Waals surface area contributed by atoms with Gasteiger partial charge in [-0.2, -0.15) is 0 Å². The molecule has 0 unspecified atom stereocenters. The topological polar surface area (TPSA) is 52.6 Å². The van der Waals surface area contributed by atoms with Crippen LogP contribution in [0.15, 0.2) is 35.2 Å². The van der Waals surface area contributed by atoms with Crippen LogP contribution in [0, 0.1) is 0 Å². The van der Waals surface area contributed by atoms with Crippen LogP contribution in [-0.4, -0.2) is 26.2 Å². The van der Waals surface area contributed by atoms with Gasteiger partial charge >= 0.3 is 11.9 Å². The van der Waals surface area contributed by atoms with Gasteiger partial charge in [-0.05, 0) is 23.6 Å². The van der Waals surface area contributed by atoms with Gasteiger partial charge in [0, 0.05) is 4.88 Å². The fraction of sp³-hybridized carbons (Fsp3) is 0.167. The van der Waals surface area contributed by atoms with E-state index in [9.17, 15) is 9.59 Å². The summed E-state index contributed by atoms with van der Waals surface area (Å²) in [6.45, 7) is 0. The molecule has 17 heavy (non-hydrogen) atoms. The molecule has 0 amide bonds. The Morgan fingerprint density at radius 1 is 1.24 bits per heavy atom. The van der Waals surface area contributed by atoms with Crippen molar-refractivity contribution in [3.8, 4) is 0 Å². The fourth-order valence-electron chi connectivity index (χ4n) is 1.06. The summed E-state index contributed by atoms with van der Waals surface area (Å²) in [6, 6.07) is 3.83. The van der Waals surface area contributed by atoms with Crippen LogP contribution in [-0.2, 0) is 19.1 Å². The minimum atomic E-state index is -0.715. The van der Waals surface area contributed by atoms with Crippen LogP contribution in [0.5, 0.6) is 0 Å². The van der Waals surface area contributed by atoms with E-state index >= 15 is 0 Å². The number of allylic oxidation sites excluding steroid dienone is 2. The summed E-state index contributed by atoms with van der Waals surface area (Å²) in [7, 11) is 2.42. The maximum absolute atomic E-state index is 11.3. The Hall–Kier alpha value is -1.88. The van der Waals surface area contributed by atoms with E-state index < -0.39 is 11.9 Å². The molecule has 0 saturated carbocycles. The maximum Gasteiger partial charge on any atom is 0.345 e. The number of hydrogen-bond acceptors (Lipinski definition) is 5. The molecule has 90 valence electrons. The molecule has 1 aromatic rings. The number of rotatable bonds is 4. The zero-order chi connectivity index (χ0) is 12.7. The predicted octanol–water partition coefficient (Wildman–Crippen LogP) is 2.03. The molecule has 5 heteroatoms. The molecule has 0 fully saturated rings. The summed E-state index contributed by atoms with van der Waals surface area (Å²) in [4.78, 5) is 23.6. The number of ether oxygens (including phenoxy) is 2. The first-order chi connectivity index (χ1) is 8.19. The Labute approximate surface area is 103 Å². The highest BCUT2D eigenvalue weighted by molar-refractivity contribution is 7.10. The lowest BCUT2D eigenvalue weighted by Gasteiger charge is -2.01. The summed E-state index contributed by atoms with van der Waals surface area (Å²) < 4.78 is 8.97. The van der Waals surface area contributed by atoms with Crippen molar-refractivity contribution in [1.29, 1.82) is 0 Å². The number of esters is 2. The third kappa shape index (κ3) is 3.88. The minimum absolute atomic E-state index is 0.136. The average molecular weight is 252 g/mol. The lowest BCUT2D eigenvalue weighted by atomic mass is 10.2. The largest absolute Gasteiger partial charge is 0.465 e. The number of carbonyl (C=O) groups excluding carboxylic acids is 2. The monoisotopic (exact) mass is 252 g/mol. The first-order valence-electron chi connectivity index (χ1n) is 4.77. The zero-order valence-electron chi connectivity index (χ0n) is 9.51. The van der Waals surface area contributed by atoms with E-state index in [2.05, 4.69) is 9.47 Å². The molecule has 0 aliphatic carbocycles. The van der Waals surface area contributed by atoms with Crippen molar-refractivity contribution in [2.75, 3.05) is 14.2 Å². The predicted molar refractivity (Wildman–Crippen MR) is 65.5 cm³/mol. The average Bonchev–Trinajstić information content (AvgIpc) is 2.86. The molecule has 0 aliphatic rings. The van der Waals surface area contributed by atoms with Gasteiger partial charge in [0.05, 0.1) is 14.2 Å². The molecule has 0 aromatic carbocycles. The SMILES string of the molecule is COC(=O)C(=CC=Cc1cccs1)C(=O)OC. The van der Waals surface area contributed by atoms with Crippen LogP contribution in [0.25, 0.3) is 6.08 Å². The summed E-state index contributed by atoms with van der Waals surface area (Å²) in [5.41, 5.74) is -0.136. The second-order valence-corrected chi connectivity index (χ2v) is 3.92. The van der Waals surface area contributed by atoms with Crippen LogP contribution < -0.4 is 0 Å². The number of thiophene rings is 1. The molecule has 0 saturated heterocycles. The quantitative estimate of drug-likeness (QED) is 0.270. The molecule has 0 atom stereocenters. The Bertz CT molecular complexity index is 425. The summed E-state index contributed by atoms with van der Waals surface area (Å²) in [5.74, 6) is -1.43. The van der Waals surface area contributed by atoms with Gasteiger partial charge in [-0.1, -0.05) is 12.1 Å². The normalized spacial score (nSPS) is 10.0. The molecule has 0 aliphatic heterocycles. The van der Waals surface area contributed by atoms with E-state index in [0.29, 0.717) is 0 Å². The minimum Gasteiger partial charge on any atom is -0.465 e. The lowest BCUT2D eigenvalue weighted by Crippen LogP contribution is -2.15. The van der Waals surface area contributed by atoms with Crippen molar-refractivity contribution in [3.05, 3.63) is 40.1 Å². The van der Waals surface area contributed by atoms with Gasteiger partial charge in [0.1, 0.15) is 5.57 Å². The zero-order valence-corrected chi connectivity index (χ0v) is 10.3. The van der Waals surface area contributed by atoms with Gasteiger partial charge in [0.25, 0.3) is 0 Å². The third-order valence-corrected chi connectivity index (χ3v) is 2.71. The van der Waals surface area contributed by atoms with Crippen molar-refractivity contribution >= 4 is 29.4 Å². The van der Waals surface area contributed by atoms with Gasteiger partial charge in [0.2, 0.25) is 0 Å². The Balaban J connectivity index is 2.83. The van der Waals surface area contributed by atoms with Gasteiger partial charge in [-0.25, -0.2) is 9.59 Å². The molecular weight excluding hydrogens is 240 g/mol. The Morgan fingerprint density at radius 3 is 2.35 bits per heavy atom. The smallest absolute Gasteiger partial charge is 0.345 e. The van der Waals surface area contributed by atoms with Crippen molar-refractivity contribution in [2.45, 2.75) is 0 Å². The van der Waals surface area contributed by atoms with E-state index in [1.807, 2.05) is 17.5 Å². The van der Waals surface area contributed by atoms with Crippen molar-refractivity contribution in [1.82, 2.24) is 0 Å². The molecule has 1 aromatic heterocycles. The molecule has 1 heterocycles. The first-order valence-corrected chi connectivity index (χ1v) is 5.65. The van der Waals surface area contributed by atoms with Crippen molar-refractivity contribution in [3.63, 3.8) is 0 Å². The number of hydrogen-bond donors (Lipinski definition) is 0. The molecular formula is C12H12O4S. The van der Waals surface area contributed by atoms with E-state index in [-0.39, 0.29) is 5.57 Å². The first kappa shape index (κ1) is 13.2. The van der Waals surface area contributed by atoms with E-state index in [1.165, 1.54) is 20.3 Å². The highest BCUT2D eigenvalue weighted by atomic mass is 32.1. The van der Waals surface area contributed by atoms with Gasteiger partial charge in [0.15, 0.2) is 0 Å². The molecule has 0 spiro atoms. The molecule has 4 nitrogen and oxygen atoms in total. The van der Waals surface area contributed by atoms with E-state index in [4.69, 9.17) is 0 Å². The molecule has 0 radical (unpaired) electrons. The second kappa shape index (κ2) is 6.65. The summed E-state index contributed by atoms with van der Waals surface area (Å²) in [5, 5.41) is 1.94. The molecule has 0 bridgehead atoms. The van der Waals surface area contributed by atoms with E-state index in [0.717, 1.165) is 4.88 Å². The summed E-state index contributed by atoms with van der Waals surface area (Å²) >= 11 is 1.55. The lowest BCUT2D eigenvalue weighted by molar-refractivity contribution is -0.144. The van der Waals surface area contributed by atoms with Crippen LogP contribution in [0.4, 0.5) is 0 Å². The Morgan fingerprint density at radius 2 is 1.88 bits per heavy atom. The third-order valence-electron chi connectivity index (χ3n) is 1.88. The summed E-state index contributed by atoms with van der Waals surface area (Å²) in [6.07, 6.45) is 4.77. The van der Waals surface area contributed by atoms with Crippen LogP contribution in [0.1, 0.15) is 4.88 Å². The number of carbonyl (C=O) groups is 2. The fourth-order valence-corrected chi connectivity index (χ4v) is 1.69. The van der Waals surface area contributed by atoms with Crippen molar-refractivity contribution in [2.24, 2.45) is 0 Å². The van der Waals surface area contributed by atoms with Crippen LogP contribution in [0.3, 0.4) is 0 Å². The number of methoxy groups -OCH3 is 2. The van der Waals surface area contributed by atoms with E-state index in [1.54, 1.807) is 23.5 Å². The van der Waals surface area contributed by atoms with Crippen LogP contribution >= 0.6 is 11.3 Å². The van der Waals surface area contributed by atoms with Gasteiger partial charge < -0.3 is 9.47 Å². The maximum atomic E-state index is 11.3. The van der Waals surface area contributed by atoms with Gasteiger partial charge in [-0.15, -0.1) is 11.3 Å². The Kier molecular flexibility index (Phi) is 5.16.